The topological polar surface area (TPSA) is 73.2 Å². The van der Waals surface area contributed by atoms with Crippen molar-refractivity contribution >= 4 is 39.2 Å². The van der Waals surface area contributed by atoms with Crippen LogP contribution in [0.3, 0.4) is 0 Å². The fraction of sp³-hybridized carbons (Fsp3) is 0.562. The van der Waals surface area contributed by atoms with Crippen LogP contribution >= 0.6 is 23.1 Å². The van der Waals surface area contributed by atoms with Crippen molar-refractivity contribution in [3.8, 4) is 0 Å². The van der Waals surface area contributed by atoms with E-state index < -0.39 is 0 Å². The van der Waals surface area contributed by atoms with Crippen molar-refractivity contribution in [3.05, 3.63) is 21.8 Å². The monoisotopic (exact) mass is 369 g/mol. The predicted molar refractivity (Wildman–Crippen MR) is 99.0 cm³/mol. The molecule has 1 amide bonds. The van der Waals surface area contributed by atoms with Gasteiger partial charge in [-0.25, -0.2) is 4.98 Å². The Kier molecular flexibility index (Phi) is 7.26. The van der Waals surface area contributed by atoms with Gasteiger partial charge < -0.3 is 10.1 Å². The Labute approximate surface area is 149 Å². The van der Waals surface area contributed by atoms with Crippen LogP contribution in [0.25, 0.3) is 10.2 Å². The molecular weight excluding hydrogens is 346 g/mol. The average molecular weight is 370 g/mol. The van der Waals surface area contributed by atoms with Crippen molar-refractivity contribution in [2.45, 2.75) is 45.0 Å². The van der Waals surface area contributed by atoms with Gasteiger partial charge in [-0.3, -0.25) is 14.2 Å². The van der Waals surface area contributed by atoms with Crippen LogP contribution in [0.15, 0.2) is 21.4 Å². The molecule has 2 rings (SSSR count). The van der Waals surface area contributed by atoms with Gasteiger partial charge in [-0.1, -0.05) is 11.8 Å². The van der Waals surface area contributed by atoms with Crippen LogP contribution in [0.2, 0.25) is 0 Å². The molecule has 132 valence electrons. The van der Waals surface area contributed by atoms with Gasteiger partial charge in [0, 0.05) is 19.7 Å². The van der Waals surface area contributed by atoms with Crippen LogP contribution < -0.4 is 10.9 Å². The van der Waals surface area contributed by atoms with Gasteiger partial charge in [0.15, 0.2) is 5.16 Å². The molecule has 0 saturated carbocycles. The third-order valence-corrected chi connectivity index (χ3v) is 5.14. The summed E-state index contributed by atoms with van der Waals surface area (Å²) in [5.74, 6) is 0.180. The number of thiophene rings is 1. The van der Waals surface area contributed by atoms with Gasteiger partial charge in [0.1, 0.15) is 4.70 Å². The standard InChI is InChI=1S/C16H23N3O3S2/c1-4-19-15(21)14-12(6-9-23-14)18-16(19)24-10-13(20)17-7-5-8-22-11(2)3/h6,9,11H,4-5,7-8,10H2,1-3H3,(H,17,20). The van der Waals surface area contributed by atoms with E-state index in [1.165, 1.54) is 23.1 Å². The average Bonchev–Trinajstić information content (AvgIpc) is 3.01. The Morgan fingerprint density at radius 2 is 2.29 bits per heavy atom. The van der Waals surface area contributed by atoms with E-state index in [9.17, 15) is 9.59 Å². The maximum atomic E-state index is 12.4. The molecule has 8 heteroatoms. The first kappa shape index (κ1) is 19.0. The normalized spacial score (nSPS) is 11.3. The molecule has 0 aromatic carbocycles. The van der Waals surface area contributed by atoms with Crippen LogP contribution in [0, 0.1) is 0 Å². The predicted octanol–water partition coefficient (Wildman–Crippen LogP) is 2.50. The zero-order valence-electron chi connectivity index (χ0n) is 14.2. The molecule has 0 fully saturated rings. The van der Waals surface area contributed by atoms with Crippen LogP contribution in [-0.4, -0.2) is 40.5 Å². The maximum Gasteiger partial charge on any atom is 0.272 e. The van der Waals surface area contributed by atoms with Gasteiger partial charge in [0.2, 0.25) is 5.91 Å². The number of nitrogens with zero attached hydrogens (tertiary/aromatic N) is 2. The van der Waals surface area contributed by atoms with E-state index >= 15 is 0 Å². The summed E-state index contributed by atoms with van der Waals surface area (Å²) in [6.45, 7) is 7.64. The summed E-state index contributed by atoms with van der Waals surface area (Å²) >= 11 is 2.69. The molecule has 6 nitrogen and oxygen atoms in total. The Balaban J connectivity index is 1.88. The first-order valence-electron chi connectivity index (χ1n) is 8.02. The van der Waals surface area contributed by atoms with E-state index in [2.05, 4.69) is 10.3 Å². The van der Waals surface area contributed by atoms with E-state index in [0.717, 1.165) is 6.42 Å². The highest BCUT2D eigenvalue weighted by atomic mass is 32.2. The SMILES string of the molecule is CCn1c(SCC(=O)NCCCOC(C)C)nc2ccsc2c1=O. The van der Waals surface area contributed by atoms with Crippen molar-refractivity contribution in [3.63, 3.8) is 0 Å². The van der Waals surface area contributed by atoms with Gasteiger partial charge in [0.05, 0.1) is 17.4 Å². The van der Waals surface area contributed by atoms with Crippen LogP contribution in [0.1, 0.15) is 27.2 Å². The second-order valence-corrected chi connectivity index (χ2v) is 7.35. The van der Waals surface area contributed by atoms with E-state index in [4.69, 9.17) is 4.74 Å². The summed E-state index contributed by atoms with van der Waals surface area (Å²) in [6, 6.07) is 1.83. The highest BCUT2D eigenvalue weighted by molar-refractivity contribution is 7.99. The number of fused-ring (bicyclic) bond motifs is 1. The summed E-state index contributed by atoms with van der Waals surface area (Å²) in [5.41, 5.74) is 0.662. The first-order valence-corrected chi connectivity index (χ1v) is 9.88. The summed E-state index contributed by atoms with van der Waals surface area (Å²) in [6.07, 6.45) is 0.994. The van der Waals surface area contributed by atoms with Crippen molar-refractivity contribution in [2.24, 2.45) is 0 Å². The molecule has 0 saturated heterocycles. The molecule has 0 bridgehead atoms. The zero-order valence-corrected chi connectivity index (χ0v) is 15.8. The number of hydrogen-bond acceptors (Lipinski definition) is 6. The second-order valence-electron chi connectivity index (χ2n) is 5.49. The lowest BCUT2D eigenvalue weighted by Crippen LogP contribution is -2.28. The molecule has 24 heavy (non-hydrogen) atoms. The van der Waals surface area contributed by atoms with Crippen molar-refractivity contribution in [2.75, 3.05) is 18.9 Å². The number of carbonyl (C=O) groups excluding carboxylic acids is 1. The Morgan fingerprint density at radius 3 is 3.00 bits per heavy atom. The highest BCUT2D eigenvalue weighted by Crippen LogP contribution is 2.20. The number of ether oxygens (including phenoxy) is 1. The van der Waals surface area contributed by atoms with Gasteiger partial charge in [-0.15, -0.1) is 11.3 Å². The highest BCUT2D eigenvalue weighted by Gasteiger charge is 2.12. The Hall–Kier alpha value is -1.38. The third kappa shape index (κ3) is 5.06. The molecule has 2 aromatic heterocycles. The second kappa shape index (κ2) is 9.19. The summed E-state index contributed by atoms with van der Waals surface area (Å²) in [7, 11) is 0. The number of nitrogens with one attached hydrogen (secondary N) is 1. The van der Waals surface area contributed by atoms with E-state index in [1.807, 2.05) is 32.2 Å². The molecular formula is C16H23N3O3S2. The molecule has 0 aliphatic carbocycles. The smallest absolute Gasteiger partial charge is 0.272 e. The van der Waals surface area contributed by atoms with Gasteiger partial charge >= 0.3 is 0 Å². The number of hydrogen-bond donors (Lipinski definition) is 1. The van der Waals surface area contributed by atoms with Crippen molar-refractivity contribution < 1.29 is 9.53 Å². The lowest BCUT2D eigenvalue weighted by molar-refractivity contribution is -0.118. The molecule has 0 aliphatic rings. The van der Waals surface area contributed by atoms with Gasteiger partial charge in [0.25, 0.3) is 5.56 Å². The zero-order chi connectivity index (χ0) is 17.5. The fourth-order valence-corrected chi connectivity index (χ4v) is 3.78. The lowest BCUT2D eigenvalue weighted by atomic mass is 10.4. The molecule has 0 spiro atoms. The van der Waals surface area contributed by atoms with Gasteiger partial charge in [-0.2, -0.15) is 0 Å². The molecule has 0 unspecified atom stereocenters. The van der Waals surface area contributed by atoms with E-state index in [-0.39, 0.29) is 23.3 Å². The van der Waals surface area contributed by atoms with Crippen molar-refractivity contribution in [1.29, 1.82) is 0 Å². The molecule has 1 N–H and O–H groups in total. The summed E-state index contributed by atoms with van der Waals surface area (Å²) < 4.78 is 7.71. The number of amides is 1. The molecule has 0 radical (unpaired) electrons. The molecule has 0 aliphatic heterocycles. The summed E-state index contributed by atoms with van der Waals surface area (Å²) in [4.78, 5) is 28.8. The quantitative estimate of drug-likeness (QED) is 0.418. The summed E-state index contributed by atoms with van der Waals surface area (Å²) in [5, 5.41) is 5.31. The third-order valence-electron chi connectivity index (χ3n) is 3.27. The Morgan fingerprint density at radius 1 is 1.50 bits per heavy atom. The van der Waals surface area contributed by atoms with Crippen molar-refractivity contribution in [1.82, 2.24) is 14.9 Å². The number of aromatic nitrogens is 2. The molecule has 2 aromatic rings. The first-order chi connectivity index (χ1) is 11.5. The lowest BCUT2D eigenvalue weighted by Gasteiger charge is -2.10. The van der Waals surface area contributed by atoms with Crippen LogP contribution in [0.5, 0.6) is 0 Å². The van der Waals surface area contributed by atoms with Crippen LogP contribution in [0.4, 0.5) is 0 Å². The Bertz CT molecular complexity index is 740. The molecule has 2 heterocycles. The van der Waals surface area contributed by atoms with E-state index in [1.54, 1.807) is 4.57 Å². The number of carbonyl (C=O) groups is 1. The van der Waals surface area contributed by atoms with Gasteiger partial charge in [-0.05, 0) is 38.6 Å². The number of thioether (sulfide) groups is 1. The largest absolute Gasteiger partial charge is 0.379 e. The minimum absolute atomic E-state index is 0.0359. The van der Waals surface area contributed by atoms with E-state index in [0.29, 0.717) is 35.1 Å². The minimum Gasteiger partial charge on any atom is -0.379 e. The number of rotatable bonds is 9. The fourth-order valence-electron chi connectivity index (χ4n) is 2.11. The van der Waals surface area contributed by atoms with Crippen LogP contribution in [-0.2, 0) is 16.1 Å². The maximum absolute atomic E-state index is 12.4. The molecule has 0 atom stereocenters. The minimum atomic E-state index is -0.0631.